The van der Waals surface area contributed by atoms with Crippen molar-refractivity contribution in [1.29, 1.82) is 0 Å². The molecule has 2 aromatic rings. The van der Waals surface area contributed by atoms with E-state index < -0.39 is 0 Å². The van der Waals surface area contributed by atoms with Crippen LogP contribution in [0.15, 0.2) is 60.7 Å². The van der Waals surface area contributed by atoms with E-state index in [-0.39, 0.29) is 6.10 Å². The predicted molar refractivity (Wildman–Crippen MR) is 112 cm³/mol. The number of benzene rings is 2. The minimum absolute atomic E-state index is 0.0691. The first-order valence-corrected chi connectivity index (χ1v) is 10.4. The maximum Gasteiger partial charge on any atom is 0.0717 e. The fraction of sp³-hybridized carbons (Fsp3) is 0.500. The summed E-state index contributed by atoms with van der Waals surface area (Å²) in [6.07, 6.45) is 4.02. The van der Waals surface area contributed by atoms with E-state index in [1.165, 1.54) is 11.1 Å². The molecule has 2 aliphatic rings. The first-order valence-electron chi connectivity index (χ1n) is 10.4. The SMILES string of the molecule is NC1CC(COCc2ccccc2)C1.OC1CC(COCc2ccccc2)C1. The molecule has 0 heterocycles. The van der Waals surface area contributed by atoms with E-state index in [2.05, 4.69) is 24.3 Å². The third-order valence-corrected chi connectivity index (χ3v) is 5.41. The predicted octanol–water partition coefficient (Wildman–Crippen LogP) is 3.91. The van der Waals surface area contributed by atoms with Crippen molar-refractivity contribution in [1.82, 2.24) is 0 Å². The van der Waals surface area contributed by atoms with E-state index in [4.69, 9.17) is 20.3 Å². The minimum Gasteiger partial charge on any atom is -0.393 e. The molecule has 0 aromatic heterocycles. The van der Waals surface area contributed by atoms with Gasteiger partial charge >= 0.3 is 0 Å². The fourth-order valence-electron chi connectivity index (χ4n) is 3.60. The number of aliphatic hydroxyl groups is 1. The molecule has 0 amide bonds. The largest absolute Gasteiger partial charge is 0.393 e. The van der Waals surface area contributed by atoms with Crippen LogP contribution in [0, 0.1) is 11.8 Å². The van der Waals surface area contributed by atoms with Gasteiger partial charge in [-0.05, 0) is 48.6 Å². The van der Waals surface area contributed by atoms with Gasteiger partial charge in [-0.2, -0.15) is 0 Å². The van der Waals surface area contributed by atoms with Crippen LogP contribution in [-0.4, -0.2) is 30.5 Å². The Bertz CT molecular complexity index is 593. The van der Waals surface area contributed by atoms with Crippen LogP contribution in [0.4, 0.5) is 0 Å². The zero-order valence-corrected chi connectivity index (χ0v) is 16.6. The second kappa shape index (κ2) is 11.3. The molecular formula is C24H33NO3. The van der Waals surface area contributed by atoms with Crippen LogP contribution in [0.25, 0.3) is 0 Å². The molecule has 2 aromatic carbocycles. The van der Waals surface area contributed by atoms with Crippen molar-refractivity contribution in [3.05, 3.63) is 71.8 Å². The van der Waals surface area contributed by atoms with E-state index in [0.717, 1.165) is 45.5 Å². The van der Waals surface area contributed by atoms with Gasteiger partial charge in [0.25, 0.3) is 0 Å². The van der Waals surface area contributed by atoms with Gasteiger partial charge in [0, 0.05) is 12.6 Å². The molecule has 4 rings (SSSR count). The van der Waals surface area contributed by atoms with Gasteiger partial charge in [0.2, 0.25) is 0 Å². The molecule has 0 aliphatic heterocycles. The van der Waals surface area contributed by atoms with Gasteiger partial charge in [0.1, 0.15) is 0 Å². The number of nitrogens with two attached hydrogens (primary N) is 1. The lowest BCUT2D eigenvalue weighted by Crippen LogP contribution is -2.38. The summed E-state index contributed by atoms with van der Waals surface area (Å²) in [7, 11) is 0. The van der Waals surface area contributed by atoms with Crippen molar-refractivity contribution in [2.24, 2.45) is 17.6 Å². The molecule has 0 spiro atoms. The van der Waals surface area contributed by atoms with Gasteiger partial charge in [-0.3, -0.25) is 0 Å². The van der Waals surface area contributed by atoms with Gasteiger partial charge in [-0.25, -0.2) is 0 Å². The molecule has 0 atom stereocenters. The summed E-state index contributed by atoms with van der Waals surface area (Å²) >= 11 is 0. The van der Waals surface area contributed by atoms with Crippen LogP contribution >= 0.6 is 0 Å². The topological polar surface area (TPSA) is 64.7 Å². The van der Waals surface area contributed by atoms with Crippen molar-refractivity contribution in [3.8, 4) is 0 Å². The Morgan fingerprint density at radius 2 is 1.14 bits per heavy atom. The second-order valence-electron chi connectivity index (χ2n) is 8.09. The summed E-state index contributed by atoms with van der Waals surface area (Å²) in [5.41, 5.74) is 8.16. The van der Waals surface area contributed by atoms with Crippen molar-refractivity contribution < 1.29 is 14.6 Å². The molecule has 3 N–H and O–H groups in total. The highest BCUT2D eigenvalue weighted by atomic mass is 16.5. The van der Waals surface area contributed by atoms with Gasteiger partial charge in [-0.15, -0.1) is 0 Å². The fourth-order valence-corrected chi connectivity index (χ4v) is 3.60. The lowest BCUT2D eigenvalue weighted by atomic mass is 9.82. The number of hydrogen-bond donors (Lipinski definition) is 2. The van der Waals surface area contributed by atoms with Crippen LogP contribution in [-0.2, 0) is 22.7 Å². The van der Waals surface area contributed by atoms with E-state index in [1.807, 2.05) is 36.4 Å². The molecule has 4 nitrogen and oxygen atoms in total. The third-order valence-electron chi connectivity index (χ3n) is 5.41. The molecule has 0 unspecified atom stereocenters. The normalized spacial score (nSPS) is 25.8. The zero-order valence-electron chi connectivity index (χ0n) is 16.6. The lowest BCUT2D eigenvalue weighted by molar-refractivity contribution is -0.0145. The van der Waals surface area contributed by atoms with Crippen LogP contribution in [0.5, 0.6) is 0 Å². The molecule has 2 fully saturated rings. The van der Waals surface area contributed by atoms with Crippen LogP contribution in [0.1, 0.15) is 36.8 Å². The molecule has 2 saturated carbocycles. The number of ether oxygens (including phenoxy) is 2. The minimum atomic E-state index is -0.0691. The summed E-state index contributed by atoms with van der Waals surface area (Å²) in [5, 5.41) is 9.08. The first-order chi connectivity index (χ1) is 13.7. The number of rotatable bonds is 8. The maximum absolute atomic E-state index is 9.08. The molecule has 28 heavy (non-hydrogen) atoms. The molecule has 4 heteroatoms. The average molecular weight is 384 g/mol. The van der Waals surface area contributed by atoms with Crippen LogP contribution in [0.2, 0.25) is 0 Å². The average Bonchev–Trinajstić information content (AvgIpc) is 2.67. The summed E-state index contributed by atoms with van der Waals surface area (Å²) in [6, 6.07) is 20.9. The molecule has 152 valence electrons. The summed E-state index contributed by atoms with van der Waals surface area (Å²) in [5.74, 6) is 1.28. The van der Waals surface area contributed by atoms with Crippen molar-refractivity contribution >= 4 is 0 Å². The molecule has 2 aliphatic carbocycles. The Morgan fingerprint density at radius 1 is 0.714 bits per heavy atom. The van der Waals surface area contributed by atoms with Gasteiger partial charge in [0.15, 0.2) is 0 Å². The van der Waals surface area contributed by atoms with Crippen LogP contribution < -0.4 is 5.73 Å². The smallest absolute Gasteiger partial charge is 0.0717 e. The second-order valence-corrected chi connectivity index (χ2v) is 8.09. The van der Waals surface area contributed by atoms with Gasteiger partial charge in [-0.1, -0.05) is 60.7 Å². The van der Waals surface area contributed by atoms with Crippen molar-refractivity contribution in [2.75, 3.05) is 13.2 Å². The third kappa shape index (κ3) is 7.36. The summed E-state index contributed by atoms with van der Waals surface area (Å²) in [6.45, 7) is 3.06. The highest BCUT2D eigenvalue weighted by Crippen LogP contribution is 2.27. The molecule has 0 saturated heterocycles. The van der Waals surface area contributed by atoms with E-state index in [0.29, 0.717) is 24.5 Å². The summed E-state index contributed by atoms with van der Waals surface area (Å²) in [4.78, 5) is 0. The Morgan fingerprint density at radius 3 is 1.54 bits per heavy atom. The molecule has 0 bridgehead atoms. The number of aliphatic hydroxyl groups excluding tert-OH is 1. The monoisotopic (exact) mass is 383 g/mol. The van der Waals surface area contributed by atoms with E-state index in [9.17, 15) is 0 Å². The Hall–Kier alpha value is -1.72. The van der Waals surface area contributed by atoms with Gasteiger partial charge < -0.3 is 20.3 Å². The zero-order chi connectivity index (χ0) is 19.6. The van der Waals surface area contributed by atoms with Crippen LogP contribution in [0.3, 0.4) is 0 Å². The van der Waals surface area contributed by atoms with Crippen molar-refractivity contribution in [2.45, 2.75) is 51.0 Å². The molecular weight excluding hydrogens is 350 g/mol. The molecule has 0 radical (unpaired) electrons. The maximum atomic E-state index is 9.08. The van der Waals surface area contributed by atoms with E-state index >= 15 is 0 Å². The quantitative estimate of drug-likeness (QED) is 0.725. The summed E-state index contributed by atoms with van der Waals surface area (Å²) < 4.78 is 11.2. The Kier molecular flexibility index (Phi) is 8.49. The Labute approximate surface area is 168 Å². The highest BCUT2D eigenvalue weighted by Gasteiger charge is 2.27. The first kappa shape index (κ1) is 21.0. The van der Waals surface area contributed by atoms with E-state index in [1.54, 1.807) is 0 Å². The lowest BCUT2D eigenvalue weighted by Gasteiger charge is -2.31. The van der Waals surface area contributed by atoms with Gasteiger partial charge in [0.05, 0.1) is 25.9 Å². The van der Waals surface area contributed by atoms with Crippen molar-refractivity contribution in [3.63, 3.8) is 0 Å². The Balaban J connectivity index is 0.000000161. The number of hydrogen-bond acceptors (Lipinski definition) is 4. The standard InChI is InChI=1S/C12H17NO.C12H16O2/c2*13-12-6-11(7-12)9-14-8-10-4-2-1-3-5-10/h1-5,11-12H,6-9,13H2;1-5,11-13H,6-9H2. The highest BCUT2D eigenvalue weighted by molar-refractivity contribution is 5.14.